The Morgan fingerprint density at radius 1 is 1.43 bits per heavy atom. The summed E-state index contributed by atoms with van der Waals surface area (Å²) in [4.78, 5) is 15.2. The topological polar surface area (TPSA) is 48.4 Å². The maximum Gasteiger partial charge on any atom is 0.356 e. The molecule has 0 fully saturated rings. The van der Waals surface area contributed by atoms with Gasteiger partial charge in [-0.25, -0.2) is 14.2 Å². The van der Waals surface area contributed by atoms with Gasteiger partial charge in [-0.05, 0) is 24.3 Å². The Morgan fingerprint density at radius 2 is 2.19 bits per heavy atom. The molecule has 7 heteroatoms. The second-order valence-corrected chi connectivity index (χ2v) is 5.34. The van der Waals surface area contributed by atoms with Gasteiger partial charge in [0.2, 0.25) is 0 Å². The Hall–Kier alpha value is -1.66. The van der Waals surface area contributed by atoms with E-state index in [-0.39, 0.29) is 18.1 Å². The summed E-state index contributed by atoms with van der Waals surface area (Å²) in [5.74, 6) is -0.964. The number of carbonyl (C=O) groups is 1. The molecular formula is C14H10BrClFNO3. The molecule has 0 atom stereocenters. The number of benzene rings is 1. The van der Waals surface area contributed by atoms with Gasteiger partial charge in [-0.3, -0.25) is 0 Å². The highest BCUT2D eigenvalue weighted by Gasteiger charge is 2.12. The molecule has 0 unspecified atom stereocenters. The van der Waals surface area contributed by atoms with Gasteiger partial charge < -0.3 is 9.47 Å². The molecule has 110 valence electrons. The molecule has 0 saturated carbocycles. The number of hydrogen-bond donors (Lipinski definition) is 0. The van der Waals surface area contributed by atoms with E-state index in [1.807, 2.05) is 0 Å². The van der Waals surface area contributed by atoms with Crippen molar-refractivity contribution in [3.63, 3.8) is 0 Å². The second kappa shape index (κ2) is 6.87. The fourth-order valence-corrected chi connectivity index (χ4v) is 2.07. The molecular weight excluding hydrogens is 365 g/mol. The maximum absolute atomic E-state index is 13.5. The first kappa shape index (κ1) is 15.7. The van der Waals surface area contributed by atoms with E-state index in [4.69, 9.17) is 16.3 Å². The summed E-state index contributed by atoms with van der Waals surface area (Å²) in [6.45, 7) is 0.0284. The van der Waals surface area contributed by atoms with Gasteiger partial charge in [0.1, 0.15) is 12.3 Å². The average molecular weight is 375 g/mol. The van der Waals surface area contributed by atoms with E-state index in [1.165, 1.54) is 31.5 Å². The van der Waals surface area contributed by atoms with Gasteiger partial charge in [0.15, 0.2) is 11.6 Å². The number of carbonyl (C=O) groups excluding carboxylic acids is 1. The van der Waals surface area contributed by atoms with Crippen LogP contribution in [0.2, 0.25) is 5.02 Å². The zero-order chi connectivity index (χ0) is 15.4. The molecule has 0 aliphatic carbocycles. The van der Waals surface area contributed by atoms with E-state index in [2.05, 4.69) is 25.7 Å². The normalized spacial score (nSPS) is 10.3. The lowest BCUT2D eigenvalue weighted by molar-refractivity contribution is 0.0594. The van der Waals surface area contributed by atoms with Crippen molar-refractivity contribution in [2.45, 2.75) is 6.61 Å². The van der Waals surface area contributed by atoms with Gasteiger partial charge in [0.05, 0.1) is 12.1 Å². The molecule has 0 radical (unpaired) electrons. The van der Waals surface area contributed by atoms with E-state index < -0.39 is 11.8 Å². The number of methoxy groups -OCH3 is 1. The van der Waals surface area contributed by atoms with Crippen molar-refractivity contribution >= 4 is 33.5 Å². The zero-order valence-electron chi connectivity index (χ0n) is 10.9. The Bertz CT molecular complexity index is 681. The SMILES string of the molecule is COC(=O)c1cc(Cl)c(COc2cc(Br)ccc2F)cn1. The van der Waals surface area contributed by atoms with E-state index in [0.717, 1.165) is 0 Å². The smallest absolute Gasteiger partial charge is 0.356 e. The Morgan fingerprint density at radius 3 is 2.86 bits per heavy atom. The first-order valence-corrected chi connectivity index (χ1v) is 6.99. The van der Waals surface area contributed by atoms with E-state index in [0.29, 0.717) is 15.1 Å². The third kappa shape index (κ3) is 3.92. The van der Waals surface area contributed by atoms with Crippen molar-refractivity contribution in [2.75, 3.05) is 7.11 Å². The highest BCUT2D eigenvalue weighted by molar-refractivity contribution is 9.10. The van der Waals surface area contributed by atoms with Crippen molar-refractivity contribution in [3.8, 4) is 5.75 Å². The third-order valence-corrected chi connectivity index (χ3v) is 3.45. The van der Waals surface area contributed by atoms with Crippen molar-refractivity contribution in [3.05, 3.63) is 57.0 Å². The van der Waals surface area contributed by atoms with E-state index >= 15 is 0 Å². The summed E-state index contributed by atoms with van der Waals surface area (Å²) in [7, 11) is 1.25. The van der Waals surface area contributed by atoms with Crippen molar-refractivity contribution in [1.29, 1.82) is 0 Å². The summed E-state index contributed by atoms with van der Waals surface area (Å²) in [6, 6.07) is 5.75. The maximum atomic E-state index is 13.5. The van der Waals surface area contributed by atoms with Crippen LogP contribution >= 0.6 is 27.5 Å². The molecule has 0 bridgehead atoms. The van der Waals surface area contributed by atoms with Crippen LogP contribution in [0.1, 0.15) is 16.1 Å². The lowest BCUT2D eigenvalue weighted by Crippen LogP contribution is -2.06. The molecule has 1 aromatic heterocycles. The van der Waals surface area contributed by atoms with Crippen molar-refractivity contribution < 1.29 is 18.7 Å². The minimum Gasteiger partial charge on any atom is -0.486 e. The van der Waals surface area contributed by atoms with Gasteiger partial charge in [-0.15, -0.1) is 0 Å². The predicted molar refractivity (Wildman–Crippen MR) is 79.0 cm³/mol. The molecule has 2 rings (SSSR count). The van der Waals surface area contributed by atoms with Crippen LogP contribution in [-0.2, 0) is 11.3 Å². The monoisotopic (exact) mass is 373 g/mol. The van der Waals surface area contributed by atoms with Crippen LogP contribution in [0.25, 0.3) is 0 Å². The molecule has 2 aromatic rings. The summed E-state index contributed by atoms with van der Waals surface area (Å²) in [5, 5.41) is 0.292. The molecule has 0 aliphatic rings. The summed E-state index contributed by atoms with van der Waals surface area (Å²) < 4.78 is 24.1. The molecule has 0 aliphatic heterocycles. The summed E-state index contributed by atoms with van der Waals surface area (Å²) >= 11 is 9.27. The van der Waals surface area contributed by atoms with Crippen LogP contribution in [0.15, 0.2) is 34.9 Å². The van der Waals surface area contributed by atoms with E-state index in [1.54, 1.807) is 6.07 Å². The highest BCUT2D eigenvalue weighted by Crippen LogP contribution is 2.24. The fraction of sp³-hybridized carbons (Fsp3) is 0.143. The molecule has 4 nitrogen and oxygen atoms in total. The second-order valence-electron chi connectivity index (χ2n) is 4.02. The Labute approximate surface area is 134 Å². The van der Waals surface area contributed by atoms with Crippen LogP contribution in [0.4, 0.5) is 4.39 Å². The van der Waals surface area contributed by atoms with Gasteiger partial charge in [0.25, 0.3) is 0 Å². The van der Waals surface area contributed by atoms with Crippen LogP contribution in [-0.4, -0.2) is 18.1 Å². The van der Waals surface area contributed by atoms with Gasteiger partial charge in [-0.1, -0.05) is 27.5 Å². The van der Waals surface area contributed by atoms with E-state index in [9.17, 15) is 9.18 Å². The number of pyridine rings is 1. The largest absolute Gasteiger partial charge is 0.486 e. The van der Waals surface area contributed by atoms with Crippen LogP contribution in [0.3, 0.4) is 0 Å². The van der Waals surface area contributed by atoms with Gasteiger partial charge in [-0.2, -0.15) is 0 Å². The lowest BCUT2D eigenvalue weighted by atomic mass is 10.2. The molecule has 0 amide bonds. The standard InChI is InChI=1S/C14H10BrClFNO3/c1-20-14(19)12-5-10(16)8(6-18-12)7-21-13-4-9(15)2-3-11(13)17/h2-6H,7H2,1H3. The highest BCUT2D eigenvalue weighted by atomic mass is 79.9. The number of hydrogen-bond acceptors (Lipinski definition) is 4. The van der Waals surface area contributed by atoms with Crippen molar-refractivity contribution in [1.82, 2.24) is 4.98 Å². The number of halogens is 3. The average Bonchev–Trinajstić information content (AvgIpc) is 2.48. The van der Waals surface area contributed by atoms with Crippen LogP contribution < -0.4 is 4.74 Å². The quantitative estimate of drug-likeness (QED) is 0.759. The Balaban J connectivity index is 2.13. The molecule has 0 saturated heterocycles. The third-order valence-electron chi connectivity index (χ3n) is 2.60. The predicted octanol–water partition coefficient (Wildman–Crippen LogP) is 4.00. The molecule has 1 aromatic carbocycles. The van der Waals surface area contributed by atoms with Gasteiger partial charge in [0, 0.05) is 16.2 Å². The number of aromatic nitrogens is 1. The fourth-order valence-electron chi connectivity index (χ4n) is 1.52. The number of esters is 1. The number of rotatable bonds is 4. The lowest BCUT2D eigenvalue weighted by Gasteiger charge is -2.09. The molecule has 0 spiro atoms. The molecule has 21 heavy (non-hydrogen) atoms. The Kier molecular flexibility index (Phi) is 5.14. The van der Waals surface area contributed by atoms with Crippen molar-refractivity contribution in [2.24, 2.45) is 0 Å². The number of nitrogens with zero attached hydrogens (tertiary/aromatic N) is 1. The van der Waals surface area contributed by atoms with Crippen LogP contribution in [0, 0.1) is 5.82 Å². The summed E-state index contributed by atoms with van der Waals surface area (Å²) in [5.41, 5.74) is 0.628. The number of ether oxygens (including phenoxy) is 2. The van der Waals surface area contributed by atoms with Gasteiger partial charge >= 0.3 is 5.97 Å². The van der Waals surface area contributed by atoms with Crippen LogP contribution in [0.5, 0.6) is 5.75 Å². The molecule has 1 heterocycles. The minimum absolute atomic E-state index is 0.0284. The zero-order valence-corrected chi connectivity index (χ0v) is 13.2. The molecule has 0 N–H and O–H groups in total. The summed E-state index contributed by atoms with van der Waals surface area (Å²) in [6.07, 6.45) is 1.39. The minimum atomic E-state index is -0.581. The first-order chi connectivity index (χ1) is 10.0. The first-order valence-electron chi connectivity index (χ1n) is 5.82.